The number of allylic oxidation sites excluding steroid dienone is 1. The third kappa shape index (κ3) is 4.74. The Balaban J connectivity index is 1.53. The van der Waals surface area contributed by atoms with E-state index in [2.05, 4.69) is 39.0 Å². The number of aromatic nitrogens is 5. The molecule has 0 bridgehead atoms. The molecule has 8 heteroatoms. The van der Waals surface area contributed by atoms with Crippen molar-refractivity contribution in [3.05, 3.63) is 89.8 Å². The summed E-state index contributed by atoms with van der Waals surface area (Å²) in [7, 11) is 0. The van der Waals surface area contributed by atoms with Crippen molar-refractivity contribution in [2.45, 2.75) is 37.2 Å². The molecule has 1 atom stereocenters. The molecule has 0 amide bonds. The highest BCUT2D eigenvalue weighted by molar-refractivity contribution is 7.99. The fourth-order valence-electron chi connectivity index (χ4n) is 3.09. The first-order chi connectivity index (χ1) is 15.0. The number of halogens is 1. The summed E-state index contributed by atoms with van der Waals surface area (Å²) >= 11 is 1.48. The average Bonchev–Trinajstić information content (AvgIpc) is 3.40. The number of nitrogens with zero attached hydrogens (tertiary/aromatic N) is 5. The summed E-state index contributed by atoms with van der Waals surface area (Å²) in [6, 6.07) is 15.0. The largest absolute Gasteiger partial charge is 0.338 e. The van der Waals surface area contributed by atoms with Gasteiger partial charge >= 0.3 is 0 Å². The molecular formula is C23H22FN5OS. The number of thioether (sulfide) groups is 1. The SMILES string of the molecule is C=CCn1c(Cc2ccccc2)nnc1SC(C)c1nc(-c2ccc(C)c(F)c2)no1. The van der Waals surface area contributed by atoms with E-state index < -0.39 is 0 Å². The van der Waals surface area contributed by atoms with Gasteiger partial charge in [0, 0.05) is 18.5 Å². The lowest BCUT2D eigenvalue weighted by Crippen LogP contribution is -2.05. The summed E-state index contributed by atoms with van der Waals surface area (Å²) < 4.78 is 21.4. The van der Waals surface area contributed by atoms with E-state index in [-0.39, 0.29) is 11.1 Å². The Morgan fingerprint density at radius 3 is 2.74 bits per heavy atom. The maximum atomic E-state index is 13.9. The van der Waals surface area contributed by atoms with Gasteiger partial charge in [-0.1, -0.05) is 65.5 Å². The first-order valence-corrected chi connectivity index (χ1v) is 10.8. The molecule has 0 aliphatic heterocycles. The van der Waals surface area contributed by atoms with Crippen LogP contribution in [0.3, 0.4) is 0 Å². The molecule has 0 aliphatic carbocycles. The van der Waals surface area contributed by atoms with Gasteiger partial charge in [-0.25, -0.2) is 4.39 Å². The van der Waals surface area contributed by atoms with Crippen molar-refractivity contribution in [1.82, 2.24) is 24.9 Å². The van der Waals surface area contributed by atoms with Crippen molar-refractivity contribution in [2.75, 3.05) is 0 Å². The number of aryl methyl sites for hydroxylation is 1. The van der Waals surface area contributed by atoms with Crippen LogP contribution in [-0.4, -0.2) is 24.9 Å². The Morgan fingerprint density at radius 2 is 2.00 bits per heavy atom. The van der Waals surface area contributed by atoms with Crippen LogP contribution in [0, 0.1) is 12.7 Å². The average molecular weight is 436 g/mol. The van der Waals surface area contributed by atoms with E-state index in [4.69, 9.17) is 4.52 Å². The molecule has 1 unspecified atom stereocenters. The van der Waals surface area contributed by atoms with Gasteiger partial charge in [0.15, 0.2) is 5.16 Å². The summed E-state index contributed by atoms with van der Waals surface area (Å²) in [5.41, 5.74) is 2.32. The zero-order valence-electron chi connectivity index (χ0n) is 17.3. The first-order valence-electron chi connectivity index (χ1n) is 9.89. The zero-order valence-corrected chi connectivity index (χ0v) is 18.1. The van der Waals surface area contributed by atoms with Gasteiger partial charge < -0.3 is 9.09 Å². The van der Waals surface area contributed by atoms with E-state index in [1.807, 2.05) is 35.8 Å². The molecule has 0 N–H and O–H groups in total. The molecule has 6 nitrogen and oxygen atoms in total. The summed E-state index contributed by atoms with van der Waals surface area (Å²) in [5, 5.41) is 13.4. The Morgan fingerprint density at radius 1 is 1.19 bits per heavy atom. The van der Waals surface area contributed by atoms with Crippen molar-refractivity contribution in [2.24, 2.45) is 0 Å². The minimum atomic E-state index is -0.297. The molecule has 158 valence electrons. The summed E-state index contributed by atoms with van der Waals surface area (Å²) in [4.78, 5) is 4.45. The van der Waals surface area contributed by atoms with E-state index in [0.29, 0.717) is 35.8 Å². The second-order valence-corrected chi connectivity index (χ2v) is 8.45. The standard InChI is InChI=1S/C23H22FN5OS/c1-4-12-29-20(13-17-8-6-5-7-9-17)26-27-23(29)31-16(3)22-25-21(28-30-22)18-11-10-15(2)19(24)14-18/h4-11,14,16H,1,12-13H2,2-3H3. The summed E-state index contributed by atoms with van der Waals surface area (Å²) in [6.45, 7) is 8.13. The molecule has 0 saturated heterocycles. The molecule has 4 aromatic rings. The highest BCUT2D eigenvalue weighted by atomic mass is 32.2. The van der Waals surface area contributed by atoms with Crippen molar-refractivity contribution in [1.29, 1.82) is 0 Å². The van der Waals surface area contributed by atoms with Gasteiger partial charge in [-0.3, -0.25) is 0 Å². The van der Waals surface area contributed by atoms with Gasteiger partial charge in [0.2, 0.25) is 11.7 Å². The maximum Gasteiger partial charge on any atom is 0.240 e. The quantitative estimate of drug-likeness (QED) is 0.272. The van der Waals surface area contributed by atoms with Gasteiger partial charge in [0.1, 0.15) is 11.6 Å². The first kappa shape index (κ1) is 21.0. The van der Waals surface area contributed by atoms with Gasteiger partial charge in [-0.15, -0.1) is 16.8 Å². The Bertz CT molecular complexity index is 1190. The predicted molar refractivity (Wildman–Crippen MR) is 118 cm³/mol. The van der Waals surface area contributed by atoms with Crippen LogP contribution in [0.4, 0.5) is 4.39 Å². The van der Waals surface area contributed by atoms with Crippen LogP contribution in [0.15, 0.2) is 70.9 Å². The minimum Gasteiger partial charge on any atom is -0.338 e. The highest BCUT2D eigenvalue weighted by Crippen LogP contribution is 2.34. The van der Waals surface area contributed by atoms with E-state index in [1.165, 1.54) is 17.8 Å². The molecule has 0 radical (unpaired) electrons. The fraction of sp³-hybridized carbons (Fsp3) is 0.217. The maximum absolute atomic E-state index is 13.9. The lowest BCUT2D eigenvalue weighted by Gasteiger charge is -2.09. The van der Waals surface area contributed by atoms with Crippen LogP contribution < -0.4 is 0 Å². The van der Waals surface area contributed by atoms with Crippen LogP contribution in [0.2, 0.25) is 0 Å². The molecule has 0 saturated carbocycles. The van der Waals surface area contributed by atoms with Crippen LogP contribution >= 0.6 is 11.8 Å². The monoisotopic (exact) mass is 435 g/mol. The number of benzene rings is 2. The topological polar surface area (TPSA) is 69.6 Å². The van der Waals surface area contributed by atoms with Crippen LogP contribution in [-0.2, 0) is 13.0 Å². The van der Waals surface area contributed by atoms with Crippen molar-refractivity contribution >= 4 is 11.8 Å². The lowest BCUT2D eigenvalue weighted by molar-refractivity contribution is 0.380. The third-order valence-corrected chi connectivity index (χ3v) is 5.88. The fourth-order valence-corrected chi connectivity index (χ4v) is 3.99. The van der Waals surface area contributed by atoms with E-state index in [9.17, 15) is 4.39 Å². The normalized spacial score (nSPS) is 12.1. The minimum absolute atomic E-state index is 0.158. The predicted octanol–water partition coefficient (Wildman–Crippen LogP) is 5.41. The van der Waals surface area contributed by atoms with Gasteiger partial charge in [-0.2, -0.15) is 4.98 Å². The molecule has 2 aromatic heterocycles. The number of hydrogen-bond donors (Lipinski definition) is 0. The second kappa shape index (κ2) is 9.26. The zero-order chi connectivity index (χ0) is 21.8. The van der Waals surface area contributed by atoms with Crippen LogP contribution in [0.1, 0.15) is 35.0 Å². The van der Waals surface area contributed by atoms with Gasteiger partial charge in [0.25, 0.3) is 0 Å². The molecule has 31 heavy (non-hydrogen) atoms. The third-order valence-electron chi connectivity index (χ3n) is 4.81. The molecular weight excluding hydrogens is 413 g/mol. The van der Waals surface area contributed by atoms with E-state index >= 15 is 0 Å². The Kier molecular flexibility index (Phi) is 6.27. The van der Waals surface area contributed by atoms with Crippen molar-refractivity contribution < 1.29 is 8.91 Å². The highest BCUT2D eigenvalue weighted by Gasteiger charge is 2.21. The van der Waals surface area contributed by atoms with Crippen LogP contribution in [0.5, 0.6) is 0 Å². The summed E-state index contributed by atoms with van der Waals surface area (Å²) in [5.74, 6) is 1.37. The van der Waals surface area contributed by atoms with Crippen LogP contribution in [0.25, 0.3) is 11.4 Å². The summed E-state index contributed by atoms with van der Waals surface area (Å²) in [6.07, 6.45) is 2.50. The molecule has 4 rings (SSSR count). The van der Waals surface area contributed by atoms with Gasteiger partial charge in [0.05, 0.1) is 5.25 Å². The second-order valence-electron chi connectivity index (χ2n) is 7.14. The van der Waals surface area contributed by atoms with E-state index in [1.54, 1.807) is 19.1 Å². The molecule has 2 heterocycles. The lowest BCUT2D eigenvalue weighted by atomic mass is 10.1. The molecule has 0 fully saturated rings. The number of hydrogen-bond acceptors (Lipinski definition) is 6. The Hall–Kier alpha value is -3.26. The van der Waals surface area contributed by atoms with Crippen molar-refractivity contribution in [3.63, 3.8) is 0 Å². The molecule has 0 spiro atoms. The Labute approximate surface area is 184 Å². The van der Waals surface area contributed by atoms with E-state index in [0.717, 1.165) is 16.5 Å². The number of rotatable bonds is 8. The van der Waals surface area contributed by atoms with Gasteiger partial charge in [-0.05, 0) is 31.0 Å². The smallest absolute Gasteiger partial charge is 0.240 e. The molecule has 0 aliphatic rings. The van der Waals surface area contributed by atoms with Crippen molar-refractivity contribution in [3.8, 4) is 11.4 Å². The molecule has 2 aromatic carbocycles.